The molecule has 1 aliphatic carbocycles. The van der Waals surface area contributed by atoms with E-state index in [0.717, 1.165) is 54.9 Å². The number of likely N-dealkylation sites (tertiary alicyclic amines) is 1. The average molecular weight is 383 g/mol. The van der Waals surface area contributed by atoms with Gasteiger partial charge in [0.1, 0.15) is 5.58 Å². The van der Waals surface area contributed by atoms with E-state index >= 15 is 0 Å². The van der Waals surface area contributed by atoms with E-state index in [1.54, 1.807) is 6.07 Å². The fourth-order valence-corrected chi connectivity index (χ4v) is 3.65. The van der Waals surface area contributed by atoms with Crippen LogP contribution in [0.1, 0.15) is 41.8 Å². The summed E-state index contributed by atoms with van der Waals surface area (Å²) < 4.78 is 5.82. The van der Waals surface area contributed by atoms with E-state index in [0.29, 0.717) is 16.8 Å². The number of benzene rings is 1. The topological polar surface area (TPSA) is 45.5 Å². The van der Waals surface area contributed by atoms with E-state index in [9.17, 15) is 4.79 Å². The smallest absolute Gasteiger partial charge is 0.289 e. The lowest BCUT2D eigenvalue weighted by Gasteiger charge is -2.32. The zero-order valence-electron chi connectivity index (χ0n) is 14.4. The lowest BCUT2D eigenvalue weighted by Crippen LogP contribution is -2.45. The summed E-state index contributed by atoms with van der Waals surface area (Å²) in [6.45, 7) is 4.65. The lowest BCUT2D eigenvalue weighted by atomic mass is 10.0. The molecule has 1 aromatic heterocycles. The zero-order chi connectivity index (χ0) is 16.7. The minimum atomic E-state index is 0. The molecule has 1 aliphatic heterocycles. The van der Waals surface area contributed by atoms with Crippen LogP contribution in [-0.4, -0.2) is 36.5 Å². The monoisotopic (exact) mass is 382 g/mol. The normalized spacial score (nSPS) is 18.4. The fraction of sp³-hybridized carbons (Fsp3) is 0.526. The Morgan fingerprint density at radius 2 is 2.00 bits per heavy atom. The Balaban J connectivity index is 0.00000182. The van der Waals surface area contributed by atoms with Crippen molar-refractivity contribution in [1.82, 2.24) is 10.2 Å². The Hall–Kier alpha value is -1.23. The van der Waals surface area contributed by atoms with Gasteiger partial charge in [-0.25, -0.2) is 0 Å². The number of hydrogen-bond acceptors (Lipinski definition) is 3. The second-order valence-corrected chi connectivity index (χ2v) is 7.55. The number of amides is 1. The molecular weight excluding hydrogens is 359 g/mol. The number of fused-ring (bicyclic) bond motifs is 1. The first-order valence-electron chi connectivity index (χ1n) is 8.83. The number of hydrogen-bond donors (Lipinski definition) is 1. The molecule has 4 rings (SSSR count). The van der Waals surface area contributed by atoms with Gasteiger partial charge in [-0.15, -0.1) is 12.4 Å². The van der Waals surface area contributed by atoms with E-state index in [4.69, 9.17) is 16.0 Å². The van der Waals surface area contributed by atoms with Crippen LogP contribution in [0.3, 0.4) is 0 Å². The van der Waals surface area contributed by atoms with Crippen LogP contribution < -0.4 is 5.32 Å². The van der Waals surface area contributed by atoms with E-state index in [-0.39, 0.29) is 18.3 Å². The van der Waals surface area contributed by atoms with Crippen LogP contribution in [0.5, 0.6) is 0 Å². The van der Waals surface area contributed by atoms with Gasteiger partial charge in [0.2, 0.25) is 0 Å². The zero-order valence-corrected chi connectivity index (χ0v) is 16.0. The molecule has 0 bridgehead atoms. The first-order valence-corrected chi connectivity index (χ1v) is 9.21. The van der Waals surface area contributed by atoms with Crippen molar-refractivity contribution in [3.8, 4) is 0 Å². The van der Waals surface area contributed by atoms with Gasteiger partial charge < -0.3 is 14.6 Å². The molecule has 6 heteroatoms. The largest absolute Gasteiger partial charge is 0.451 e. The number of carbonyl (C=O) groups excluding carboxylic acids is 1. The molecule has 0 radical (unpaired) electrons. The Bertz CT molecular complexity index is 762. The minimum absolute atomic E-state index is 0. The number of carbonyl (C=O) groups is 1. The summed E-state index contributed by atoms with van der Waals surface area (Å²) in [6, 6.07) is 6.03. The van der Waals surface area contributed by atoms with Crippen LogP contribution in [0.2, 0.25) is 5.02 Å². The summed E-state index contributed by atoms with van der Waals surface area (Å²) in [5, 5.41) is 5.23. The Kier molecular flexibility index (Phi) is 5.62. The molecule has 1 N–H and O–H groups in total. The van der Waals surface area contributed by atoms with Gasteiger partial charge >= 0.3 is 0 Å². The van der Waals surface area contributed by atoms with Crippen molar-refractivity contribution in [3.05, 3.63) is 34.5 Å². The SMILES string of the molecule is Cc1c(C(=O)N2CCC(NCC3CC3)CC2)oc2ccc(Cl)cc12.Cl. The van der Waals surface area contributed by atoms with Crippen molar-refractivity contribution in [2.75, 3.05) is 19.6 Å². The van der Waals surface area contributed by atoms with Crippen molar-refractivity contribution in [1.29, 1.82) is 0 Å². The summed E-state index contributed by atoms with van der Waals surface area (Å²) in [4.78, 5) is 14.8. The quantitative estimate of drug-likeness (QED) is 0.850. The van der Waals surface area contributed by atoms with Crippen LogP contribution in [0.25, 0.3) is 11.0 Å². The highest BCUT2D eigenvalue weighted by atomic mass is 35.5. The summed E-state index contributed by atoms with van der Waals surface area (Å²) in [5.74, 6) is 1.35. The van der Waals surface area contributed by atoms with Crippen LogP contribution in [0, 0.1) is 12.8 Å². The molecule has 1 amide bonds. The van der Waals surface area contributed by atoms with Gasteiger partial charge in [-0.2, -0.15) is 0 Å². The van der Waals surface area contributed by atoms with Crippen molar-refractivity contribution in [2.45, 2.75) is 38.6 Å². The molecule has 0 spiro atoms. The Morgan fingerprint density at radius 3 is 2.68 bits per heavy atom. The predicted molar refractivity (Wildman–Crippen MR) is 103 cm³/mol. The van der Waals surface area contributed by atoms with E-state index in [1.807, 2.05) is 24.0 Å². The summed E-state index contributed by atoms with van der Waals surface area (Å²) in [7, 11) is 0. The first kappa shape index (κ1) is 18.6. The highest BCUT2D eigenvalue weighted by Crippen LogP contribution is 2.30. The number of nitrogens with one attached hydrogen (secondary N) is 1. The van der Waals surface area contributed by atoms with Gasteiger partial charge in [-0.05, 0) is 63.3 Å². The van der Waals surface area contributed by atoms with E-state index < -0.39 is 0 Å². The number of furan rings is 1. The molecule has 2 aliphatic rings. The van der Waals surface area contributed by atoms with Crippen molar-refractivity contribution in [2.24, 2.45) is 5.92 Å². The van der Waals surface area contributed by atoms with Crippen LogP contribution in [0.4, 0.5) is 0 Å². The molecular formula is C19H24Cl2N2O2. The standard InChI is InChI=1S/C19H23ClN2O2.ClH/c1-12-16-10-14(20)4-5-17(16)24-18(12)19(23)22-8-6-15(7-9-22)21-11-13-2-3-13;/h4-5,10,13,15,21H,2-3,6-9,11H2,1H3;1H. The van der Waals surface area contributed by atoms with Crippen molar-refractivity contribution < 1.29 is 9.21 Å². The van der Waals surface area contributed by atoms with Crippen molar-refractivity contribution in [3.63, 3.8) is 0 Å². The van der Waals surface area contributed by atoms with Gasteiger partial charge in [0.15, 0.2) is 5.76 Å². The third-order valence-electron chi connectivity index (χ3n) is 5.27. The number of aryl methyl sites for hydroxylation is 1. The maximum absolute atomic E-state index is 12.8. The molecule has 1 saturated carbocycles. The van der Waals surface area contributed by atoms with Gasteiger partial charge in [-0.1, -0.05) is 11.6 Å². The number of rotatable bonds is 4. The molecule has 2 heterocycles. The maximum atomic E-state index is 12.8. The van der Waals surface area contributed by atoms with Crippen LogP contribution in [-0.2, 0) is 0 Å². The summed E-state index contributed by atoms with van der Waals surface area (Å²) in [6.07, 6.45) is 4.78. The molecule has 25 heavy (non-hydrogen) atoms. The molecule has 136 valence electrons. The molecule has 2 fully saturated rings. The van der Waals surface area contributed by atoms with Crippen LogP contribution >= 0.6 is 24.0 Å². The number of piperidine rings is 1. The second kappa shape index (κ2) is 7.56. The van der Waals surface area contributed by atoms with Crippen LogP contribution in [0.15, 0.2) is 22.6 Å². The Labute approximate surface area is 159 Å². The second-order valence-electron chi connectivity index (χ2n) is 7.11. The molecule has 1 aromatic carbocycles. The lowest BCUT2D eigenvalue weighted by molar-refractivity contribution is 0.0674. The van der Waals surface area contributed by atoms with Gasteiger partial charge in [0.05, 0.1) is 0 Å². The molecule has 1 saturated heterocycles. The van der Waals surface area contributed by atoms with Gasteiger partial charge in [0, 0.05) is 35.1 Å². The predicted octanol–water partition coefficient (Wildman–Crippen LogP) is 4.42. The Morgan fingerprint density at radius 1 is 1.28 bits per heavy atom. The fourth-order valence-electron chi connectivity index (χ4n) is 3.48. The maximum Gasteiger partial charge on any atom is 0.289 e. The summed E-state index contributed by atoms with van der Waals surface area (Å²) >= 11 is 6.06. The van der Waals surface area contributed by atoms with E-state index in [1.165, 1.54) is 12.8 Å². The third-order valence-corrected chi connectivity index (χ3v) is 5.50. The molecule has 2 aromatic rings. The first-order chi connectivity index (χ1) is 11.6. The molecule has 4 nitrogen and oxygen atoms in total. The molecule has 0 atom stereocenters. The minimum Gasteiger partial charge on any atom is -0.451 e. The van der Waals surface area contributed by atoms with E-state index in [2.05, 4.69) is 5.32 Å². The average Bonchev–Trinajstić information content (AvgIpc) is 3.37. The van der Waals surface area contributed by atoms with Crippen molar-refractivity contribution >= 4 is 40.9 Å². The third kappa shape index (κ3) is 3.97. The number of halogens is 2. The summed E-state index contributed by atoms with van der Waals surface area (Å²) in [5.41, 5.74) is 1.60. The molecule has 0 unspecified atom stereocenters. The highest BCUT2D eigenvalue weighted by molar-refractivity contribution is 6.31. The highest BCUT2D eigenvalue weighted by Gasteiger charge is 2.28. The number of nitrogens with zero attached hydrogens (tertiary/aromatic N) is 1. The van der Waals surface area contributed by atoms with Gasteiger partial charge in [-0.3, -0.25) is 4.79 Å². The van der Waals surface area contributed by atoms with Gasteiger partial charge in [0.25, 0.3) is 5.91 Å².